The molecule has 2 heterocycles. The summed E-state index contributed by atoms with van der Waals surface area (Å²) in [6, 6.07) is 18.1. The number of halogens is 2. The molecular formula is C31H30ClFN2O3. The molecule has 0 spiro atoms. The molecule has 0 aliphatic carbocycles. The molecule has 0 saturated carbocycles. The number of aromatic hydroxyl groups is 1. The van der Waals surface area contributed by atoms with Crippen molar-refractivity contribution < 1.29 is 19.0 Å². The van der Waals surface area contributed by atoms with Crippen molar-refractivity contribution >= 4 is 22.7 Å². The average Bonchev–Trinajstić information content (AvgIpc) is 3.35. The molecule has 1 fully saturated rings. The van der Waals surface area contributed by atoms with Gasteiger partial charge in [0.15, 0.2) is 11.6 Å². The predicted octanol–water partition coefficient (Wildman–Crippen LogP) is 7.23. The van der Waals surface area contributed by atoms with Gasteiger partial charge in [0.25, 0.3) is 0 Å². The van der Waals surface area contributed by atoms with Crippen molar-refractivity contribution in [3.05, 3.63) is 87.7 Å². The Bertz CT molecular complexity index is 1430. The van der Waals surface area contributed by atoms with E-state index in [-0.39, 0.29) is 5.56 Å². The Hall–Kier alpha value is -3.53. The lowest BCUT2D eigenvalue weighted by atomic mass is 9.85. The van der Waals surface area contributed by atoms with Gasteiger partial charge in [-0.3, -0.25) is 4.90 Å². The van der Waals surface area contributed by atoms with Gasteiger partial charge in [-0.25, -0.2) is 4.39 Å². The highest BCUT2D eigenvalue weighted by atomic mass is 35.5. The number of phenolic OH excluding ortho intramolecular Hbond substituents is 1. The topological polar surface area (TPSA) is 65.7 Å². The van der Waals surface area contributed by atoms with Crippen molar-refractivity contribution in [3.8, 4) is 23.3 Å². The SMILES string of the molecule is CC1=C(c2ccc(C#N)c(Cl)c2)C(c2ccc(OCC(C)N3CCC(C)C3)cc2)Oc2ccc(O)c(F)c21. The van der Waals surface area contributed by atoms with Crippen molar-refractivity contribution in [1.82, 2.24) is 4.90 Å². The first-order valence-electron chi connectivity index (χ1n) is 12.8. The fraction of sp³-hybridized carbons (Fsp3) is 0.323. The van der Waals surface area contributed by atoms with E-state index in [4.69, 9.17) is 21.1 Å². The summed E-state index contributed by atoms with van der Waals surface area (Å²) < 4.78 is 27.5. The maximum absolute atomic E-state index is 15.0. The molecule has 0 radical (unpaired) electrons. The minimum atomic E-state index is -0.735. The molecule has 1 saturated heterocycles. The van der Waals surface area contributed by atoms with Crippen LogP contribution in [0.1, 0.15) is 55.5 Å². The van der Waals surface area contributed by atoms with E-state index < -0.39 is 17.7 Å². The number of nitrogens with zero attached hydrogens (tertiary/aromatic N) is 2. The van der Waals surface area contributed by atoms with Gasteiger partial charge in [0.2, 0.25) is 0 Å². The minimum Gasteiger partial charge on any atom is -0.505 e. The van der Waals surface area contributed by atoms with Crippen molar-refractivity contribution in [2.45, 2.75) is 39.3 Å². The van der Waals surface area contributed by atoms with E-state index in [1.165, 1.54) is 12.5 Å². The predicted molar refractivity (Wildman–Crippen MR) is 147 cm³/mol. The van der Waals surface area contributed by atoms with Gasteiger partial charge in [-0.05, 0) is 85.8 Å². The second-order valence-corrected chi connectivity index (χ2v) is 10.6. The molecule has 3 unspecified atom stereocenters. The largest absolute Gasteiger partial charge is 0.505 e. The number of fused-ring (bicyclic) bond motifs is 1. The van der Waals surface area contributed by atoms with E-state index in [2.05, 4.69) is 24.8 Å². The third-order valence-electron chi connectivity index (χ3n) is 7.52. The zero-order valence-corrected chi connectivity index (χ0v) is 22.4. The summed E-state index contributed by atoms with van der Waals surface area (Å²) in [6.07, 6.45) is 0.668. The van der Waals surface area contributed by atoms with Crippen LogP contribution in [0.5, 0.6) is 17.2 Å². The first-order valence-corrected chi connectivity index (χ1v) is 13.2. The Morgan fingerprint density at radius 2 is 1.97 bits per heavy atom. The van der Waals surface area contributed by atoms with Crippen LogP contribution in [0.2, 0.25) is 5.02 Å². The van der Waals surface area contributed by atoms with E-state index >= 15 is 4.39 Å². The minimum absolute atomic E-state index is 0.210. The van der Waals surface area contributed by atoms with Crippen LogP contribution < -0.4 is 9.47 Å². The number of rotatable bonds is 6. The van der Waals surface area contributed by atoms with Crippen LogP contribution in [0.25, 0.3) is 11.1 Å². The molecular weight excluding hydrogens is 503 g/mol. The number of phenols is 1. The number of hydrogen-bond donors (Lipinski definition) is 1. The average molecular weight is 533 g/mol. The Labute approximate surface area is 227 Å². The molecule has 0 amide bonds. The Morgan fingerprint density at radius 1 is 1.21 bits per heavy atom. The van der Waals surface area contributed by atoms with E-state index in [9.17, 15) is 10.4 Å². The number of hydrogen-bond acceptors (Lipinski definition) is 5. The molecule has 2 aliphatic heterocycles. The van der Waals surface area contributed by atoms with E-state index in [0.717, 1.165) is 30.3 Å². The number of likely N-dealkylation sites (tertiary alicyclic amines) is 1. The van der Waals surface area contributed by atoms with Crippen molar-refractivity contribution in [1.29, 1.82) is 5.26 Å². The maximum Gasteiger partial charge on any atom is 0.176 e. The third kappa shape index (κ3) is 4.97. The van der Waals surface area contributed by atoms with E-state index in [0.29, 0.717) is 45.7 Å². The number of benzene rings is 3. The smallest absolute Gasteiger partial charge is 0.176 e. The summed E-state index contributed by atoms with van der Waals surface area (Å²) in [4.78, 5) is 2.46. The van der Waals surface area contributed by atoms with Gasteiger partial charge in [-0.15, -0.1) is 0 Å². The van der Waals surface area contributed by atoms with E-state index in [1.54, 1.807) is 31.2 Å². The lowest BCUT2D eigenvalue weighted by Crippen LogP contribution is -2.35. The molecule has 3 aromatic rings. The second kappa shape index (κ2) is 10.7. The number of ether oxygens (including phenoxy) is 2. The van der Waals surface area contributed by atoms with Crippen LogP contribution >= 0.6 is 11.6 Å². The highest BCUT2D eigenvalue weighted by Gasteiger charge is 2.32. The maximum atomic E-state index is 15.0. The highest BCUT2D eigenvalue weighted by molar-refractivity contribution is 6.32. The summed E-state index contributed by atoms with van der Waals surface area (Å²) in [6.45, 7) is 9.10. The van der Waals surface area contributed by atoms with Crippen LogP contribution in [0.4, 0.5) is 4.39 Å². The van der Waals surface area contributed by atoms with Gasteiger partial charge in [0.1, 0.15) is 30.3 Å². The molecule has 5 rings (SSSR count). The molecule has 3 atom stereocenters. The van der Waals surface area contributed by atoms with Crippen molar-refractivity contribution in [2.24, 2.45) is 5.92 Å². The Morgan fingerprint density at radius 3 is 2.63 bits per heavy atom. The molecule has 2 aliphatic rings. The van der Waals surface area contributed by atoms with Crippen LogP contribution in [0.3, 0.4) is 0 Å². The molecule has 3 aromatic carbocycles. The molecule has 5 nitrogen and oxygen atoms in total. The van der Waals surface area contributed by atoms with Crippen LogP contribution in [-0.4, -0.2) is 35.7 Å². The van der Waals surface area contributed by atoms with Gasteiger partial charge < -0.3 is 14.6 Å². The second-order valence-electron chi connectivity index (χ2n) is 10.2. The molecule has 7 heteroatoms. The monoisotopic (exact) mass is 532 g/mol. The first-order chi connectivity index (χ1) is 18.3. The lowest BCUT2D eigenvalue weighted by Gasteiger charge is -2.31. The van der Waals surface area contributed by atoms with Gasteiger partial charge in [0, 0.05) is 18.2 Å². The van der Waals surface area contributed by atoms with Crippen molar-refractivity contribution in [2.75, 3.05) is 19.7 Å². The summed E-state index contributed by atoms with van der Waals surface area (Å²) in [7, 11) is 0. The van der Waals surface area contributed by atoms with Crippen LogP contribution in [0, 0.1) is 23.1 Å². The summed E-state index contributed by atoms with van der Waals surface area (Å²) >= 11 is 6.36. The zero-order chi connectivity index (χ0) is 27.0. The standard InChI is InChI=1S/C31H30ClFN2O3/c1-18-12-13-35(16-18)19(2)17-37-24-8-6-21(7-9-24)31-28(22-4-5-23(15-34)25(32)14-22)20(3)29-27(38-31)11-10-26(36)30(29)33/h4-11,14,18-19,31,36H,12-13,16-17H2,1-3H3. The molecule has 0 bridgehead atoms. The van der Waals surface area contributed by atoms with Crippen LogP contribution in [-0.2, 0) is 0 Å². The highest BCUT2D eigenvalue weighted by Crippen LogP contribution is 2.49. The zero-order valence-electron chi connectivity index (χ0n) is 21.7. The fourth-order valence-electron chi connectivity index (χ4n) is 5.32. The summed E-state index contributed by atoms with van der Waals surface area (Å²) in [5, 5.41) is 19.6. The third-order valence-corrected chi connectivity index (χ3v) is 7.84. The van der Waals surface area contributed by atoms with Gasteiger partial charge in [0.05, 0.1) is 16.1 Å². The van der Waals surface area contributed by atoms with Gasteiger partial charge >= 0.3 is 0 Å². The lowest BCUT2D eigenvalue weighted by molar-refractivity contribution is 0.169. The first kappa shape index (κ1) is 26.1. The Balaban J connectivity index is 1.46. The fourth-order valence-corrected chi connectivity index (χ4v) is 5.54. The van der Waals surface area contributed by atoms with Crippen molar-refractivity contribution in [3.63, 3.8) is 0 Å². The summed E-state index contributed by atoms with van der Waals surface area (Å²) in [5.41, 5.74) is 3.46. The molecule has 0 aromatic heterocycles. The summed E-state index contributed by atoms with van der Waals surface area (Å²) in [5.74, 6) is 0.665. The molecule has 196 valence electrons. The van der Waals surface area contributed by atoms with Crippen LogP contribution in [0.15, 0.2) is 54.6 Å². The van der Waals surface area contributed by atoms with Gasteiger partial charge in [-0.2, -0.15) is 5.26 Å². The quantitative estimate of drug-likeness (QED) is 0.363. The van der Waals surface area contributed by atoms with Gasteiger partial charge in [-0.1, -0.05) is 36.7 Å². The normalized spacial score (nSPS) is 20.0. The number of allylic oxidation sites excluding steroid dienone is 1. The molecule has 38 heavy (non-hydrogen) atoms. The molecule has 1 N–H and O–H groups in total. The number of nitriles is 1. The van der Waals surface area contributed by atoms with E-state index in [1.807, 2.05) is 24.3 Å². The Kier molecular flexibility index (Phi) is 7.34.